The predicted octanol–water partition coefficient (Wildman–Crippen LogP) is 5.28. The predicted molar refractivity (Wildman–Crippen MR) is 116 cm³/mol. The van der Waals surface area contributed by atoms with Crippen LogP contribution in [0.1, 0.15) is 19.8 Å². The molecule has 0 saturated carbocycles. The van der Waals surface area contributed by atoms with Gasteiger partial charge in [0.25, 0.3) is 0 Å². The minimum absolute atomic E-state index is 0.0161. The first-order valence-electron chi connectivity index (χ1n) is 8.72. The Morgan fingerprint density at radius 3 is 2.46 bits per heavy atom. The Morgan fingerprint density at radius 2 is 1.73 bits per heavy atom. The van der Waals surface area contributed by atoms with E-state index >= 15 is 0 Å². The van der Waals surface area contributed by atoms with Crippen LogP contribution in [0.3, 0.4) is 0 Å². The molecule has 3 nitrogen and oxygen atoms in total. The first-order valence-corrected chi connectivity index (χ1v) is 10.8. The number of nitrogens with zero attached hydrogens (tertiary/aromatic N) is 1. The zero-order valence-corrected chi connectivity index (χ0v) is 17.1. The molecule has 1 aliphatic heterocycles. The Balaban J connectivity index is 1.62. The summed E-state index contributed by atoms with van der Waals surface area (Å²) in [6, 6.07) is 18.1. The minimum Gasteiger partial charge on any atom is -0.358 e. The van der Waals surface area contributed by atoms with E-state index in [0.717, 1.165) is 32.9 Å². The van der Waals surface area contributed by atoms with Crippen LogP contribution in [0.15, 0.2) is 64.4 Å². The lowest BCUT2D eigenvalue weighted by Gasteiger charge is -2.20. The molecule has 1 fully saturated rings. The number of anilines is 1. The molecule has 0 bridgehead atoms. The van der Waals surface area contributed by atoms with Gasteiger partial charge in [-0.15, -0.1) is 0 Å². The Morgan fingerprint density at radius 1 is 1.08 bits per heavy atom. The number of benzene rings is 2. The number of likely N-dealkylation sites (tertiary alicyclic amines) is 1. The van der Waals surface area contributed by atoms with Gasteiger partial charge in [-0.25, -0.2) is 0 Å². The van der Waals surface area contributed by atoms with Crippen LogP contribution in [-0.2, 0) is 4.79 Å². The summed E-state index contributed by atoms with van der Waals surface area (Å²) in [5, 5.41) is 2.84. The molecule has 1 amide bonds. The summed E-state index contributed by atoms with van der Waals surface area (Å²) in [6.45, 7) is 3.93. The molecular formula is C20H22N2OS3. The van der Waals surface area contributed by atoms with Crippen LogP contribution in [0, 0.1) is 0 Å². The summed E-state index contributed by atoms with van der Waals surface area (Å²) in [7, 11) is 0. The van der Waals surface area contributed by atoms with Crippen molar-refractivity contribution >= 4 is 51.7 Å². The van der Waals surface area contributed by atoms with Gasteiger partial charge >= 0.3 is 0 Å². The fourth-order valence-electron chi connectivity index (χ4n) is 2.69. The van der Waals surface area contributed by atoms with Crippen molar-refractivity contribution in [3.8, 4) is 0 Å². The molecule has 6 heteroatoms. The maximum Gasteiger partial charge on any atom is 0.237 e. The van der Waals surface area contributed by atoms with Gasteiger partial charge < -0.3 is 10.2 Å². The van der Waals surface area contributed by atoms with Crippen molar-refractivity contribution in [2.24, 2.45) is 0 Å². The molecule has 0 unspecified atom stereocenters. The number of thiocarbonyl (C=S) groups is 1. The molecule has 136 valence electrons. The highest BCUT2D eigenvalue weighted by atomic mass is 32.2. The number of para-hydroxylation sites is 1. The second kappa shape index (κ2) is 9.44. The van der Waals surface area contributed by atoms with Crippen LogP contribution in [0.2, 0.25) is 0 Å². The molecule has 3 rings (SSSR count). The first kappa shape index (κ1) is 19.3. The monoisotopic (exact) mass is 402 g/mol. The second-order valence-electron chi connectivity index (χ2n) is 6.12. The minimum atomic E-state index is -0.224. The third-order valence-corrected chi connectivity index (χ3v) is 6.79. The topological polar surface area (TPSA) is 32.3 Å². The largest absolute Gasteiger partial charge is 0.358 e. The smallest absolute Gasteiger partial charge is 0.237 e. The number of hydrogen-bond donors (Lipinski definition) is 1. The highest BCUT2D eigenvalue weighted by molar-refractivity contribution is 8.23. The quantitative estimate of drug-likeness (QED) is 0.688. The van der Waals surface area contributed by atoms with Crippen LogP contribution in [0.25, 0.3) is 0 Å². The molecule has 0 aliphatic carbocycles. The van der Waals surface area contributed by atoms with E-state index in [1.54, 1.807) is 11.8 Å². The van der Waals surface area contributed by atoms with Gasteiger partial charge in [0, 0.05) is 22.9 Å². The highest BCUT2D eigenvalue weighted by Gasteiger charge is 2.22. The van der Waals surface area contributed by atoms with Crippen LogP contribution < -0.4 is 5.32 Å². The van der Waals surface area contributed by atoms with Crippen molar-refractivity contribution < 1.29 is 4.79 Å². The molecule has 0 radical (unpaired) electrons. The summed E-state index contributed by atoms with van der Waals surface area (Å²) in [4.78, 5) is 17.0. The number of hydrogen-bond acceptors (Lipinski definition) is 4. The van der Waals surface area contributed by atoms with E-state index in [2.05, 4.69) is 22.3 Å². The maximum absolute atomic E-state index is 12.6. The average molecular weight is 403 g/mol. The molecule has 0 spiro atoms. The van der Waals surface area contributed by atoms with Crippen LogP contribution in [-0.4, -0.2) is 33.5 Å². The zero-order chi connectivity index (χ0) is 18.4. The van der Waals surface area contributed by atoms with Gasteiger partial charge in [-0.1, -0.05) is 66.1 Å². The number of carbonyl (C=O) groups excluding carboxylic acids is 1. The molecular weight excluding hydrogens is 380 g/mol. The molecule has 1 N–H and O–H groups in total. The van der Waals surface area contributed by atoms with Crippen molar-refractivity contribution in [3.63, 3.8) is 0 Å². The van der Waals surface area contributed by atoms with Gasteiger partial charge in [0.1, 0.15) is 4.32 Å². The van der Waals surface area contributed by atoms with Gasteiger partial charge in [0.05, 0.1) is 10.9 Å². The average Bonchev–Trinajstić information content (AvgIpc) is 3.19. The van der Waals surface area contributed by atoms with E-state index < -0.39 is 0 Å². The maximum atomic E-state index is 12.6. The molecule has 1 atom stereocenters. The van der Waals surface area contributed by atoms with E-state index in [9.17, 15) is 4.79 Å². The highest BCUT2D eigenvalue weighted by Crippen LogP contribution is 2.33. The normalized spacial score (nSPS) is 14.9. The molecule has 26 heavy (non-hydrogen) atoms. The fourth-order valence-corrected chi connectivity index (χ4v) is 5.03. The Kier molecular flexibility index (Phi) is 7.00. The lowest BCUT2D eigenvalue weighted by Crippen LogP contribution is -2.29. The third-order valence-electron chi connectivity index (χ3n) is 4.13. The van der Waals surface area contributed by atoms with E-state index in [-0.39, 0.29) is 11.2 Å². The zero-order valence-electron chi connectivity index (χ0n) is 14.7. The van der Waals surface area contributed by atoms with Crippen LogP contribution in [0.4, 0.5) is 5.69 Å². The Hall–Kier alpha value is -1.50. The second-order valence-corrected chi connectivity index (χ2v) is 9.21. The summed E-state index contributed by atoms with van der Waals surface area (Å²) in [6.07, 6.45) is 2.37. The summed E-state index contributed by atoms with van der Waals surface area (Å²) in [5.74, 6) is -0.0161. The Labute approximate surface area is 168 Å². The van der Waals surface area contributed by atoms with Crippen molar-refractivity contribution in [2.45, 2.75) is 34.8 Å². The third kappa shape index (κ3) is 5.25. The number of amides is 1. The van der Waals surface area contributed by atoms with Crippen molar-refractivity contribution in [3.05, 3.63) is 54.6 Å². The Bertz CT molecular complexity index is 761. The molecule has 0 aromatic heterocycles. The number of nitrogens with one attached hydrogen (secondary N) is 1. The standard InChI is InChI=1S/C20H22N2OS3/c1-15(25-20(24)22-13-7-8-14-22)19(23)21-17-11-5-6-12-18(17)26-16-9-3-2-4-10-16/h2-6,9-12,15H,7-8,13-14H2,1H3,(H,21,23)/t15-/m1/s1. The van der Waals surface area contributed by atoms with E-state index in [4.69, 9.17) is 12.2 Å². The summed E-state index contributed by atoms with van der Waals surface area (Å²) >= 11 is 8.61. The lowest BCUT2D eigenvalue weighted by atomic mass is 10.3. The summed E-state index contributed by atoms with van der Waals surface area (Å²) < 4.78 is 0.831. The van der Waals surface area contributed by atoms with Crippen LogP contribution >= 0.6 is 35.7 Å². The van der Waals surface area contributed by atoms with Crippen molar-refractivity contribution in [2.75, 3.05) is 18.4 Å². The van der Waals surface area contributed by atoms with Crippen molar-refractivity contribution in [1.82, 2.24) is 4.90 Å². The fraction of sp³-hybridized carbons (Fsp3) is 0.300. The van der Waals surface area contributed by atoms with Gasteiger partial charge in [-0.05, 0) is 44.0 Å². The molecule has 2 aromatic rings. The molecule has 1 heterocycles. The van der Waals surface area contributed by atoms with Gasteiger partial charge in [0.15, 0.2) is 0 Å². The van der Waals surface area contributed by atoms with E-state index in [1.807, 2.05) is 49.4 Å². The molecule has 1 saturated heterocycles. The van der Waals surface area contributed by atoms with Gasteiger partial charge in [-0.2, -0.15) is 0 Å². The van der Waals surface area contributed by atoms with E-state index in [0.29, 0.717) is 0 Å². The first-order chi connectivity index (χ1) is 12.6. The van der Waals surface area contributed by atoms with Gasteiger partial charge in [0.2, 0.25) is 5.91 Å². The number of thioether (sulfide) groups is 1. The SMILES string of the molecule is C[C@@H](SC(=S)N1CCCC1)C(=O)Nc1ccccc1Sc1ccccc1. The molecule has 1 aliphatic rings. The van der Waals surface area contributed by atoms with E-state index in [1.165, 1.54) is 24.6 Å². The lowest BCUT2D eigenvalue weighted by molar-refractivity contribution is -0.115. The van der Waals surface area contributed by atoms with Crippen molar-refractivity contribution in [1.29, 1.82) is 0 Å². The summed E-state index contributed by atoms with van der Waals surface area (Å²) in [5.41, 5.74) is 0.839. The van der Waals surface area contributed by atoms with Gasteiger partial charge in [-0.3, -0.25) is 4.79 Å². The number of carbonyl (C=O) groups is 1. The number of rotatable bonds is 5. The molecule has 2 aromatic carbocycles. The van der Waals surface area contributed by atoms with Crippen LogP contribution in [0.5, 0.6) is 0 Å².